The van der Waals surface area contributed by atoms with Crippen molar-refractivity contribution in [1.82, 2.24) is 5.43 Å². The summed E-state index contributed by atoms with van der Waals surface area (Å²) in [5.74, 6) is 0.967. The molecule has 0 heterocycles. The maximum atomic E-state index is 11.8. The molecule has 0 aromatic heterocycles. The van der Waals surface area contributed by atoms with Gasteiger partial charge in [0.05, 0.1) is 6.61 Å². The van der Waals surface area contributed by atoms with Crippen LogP contribution in [0.4, 0.5) is 4.79 Å². The van der Waals surface area contributed by atoms with Crippen molar-refractivity contribution < 1.29 is 24.0 Å². The van der Waals surface area contributed by atoms with Gasteiger partial charge >= 0.3 is 12.1 Å². The molecule has 9 nitrogen and oxygen atoms in total. The van der Waals surface area contributed by atoms with E-state index in [1.54, 1.807) is 6.92 Å². The largest absolute Gasteiger partial charge is 0.462 e. The highest BCUT2D eigenvalue weighted by atomic mass is 16.6. The van der Waals surface area contributed by atoms with Crippen molar-refractivity contribution in [3.63, 3.8) is 0 Å². The number of hydrogen-bond donors (Lipinski definition) is 1. The van der Waals surface area contributed by atoms with Crippen LogP contribution in [0.2, 0.25) is 0 Å². The number of rotatable bonds is 6. The molecule has 3 unspecified atom stereocenters. The predicted octanol–water partition coefficient (Wildman–Crippen LogP) is 5.12. The van der Waals surface area contributed by atoms with Crippen molar-refractivity contribution in [1.29, 1.82) is 0 Å². The Morgan fingerprint density at radius 3 is 2.64 bits per heavy atom. The molecule has 4 rings (SSSR count). The van der Waals surface area contributed by atoms with E-state index in [0.717, 1.165) is 50.7 Å². The topological polar surface area (TPSA) is 120 Å². The Morgan fingerprint density at radius 1 is 1.22 bits per heavy atom. The Bertz CT molecular complexity index is 963. The lowest BCUT2D eigenvalue weighted by Gasteiger charge is -2.58. The second kappa shape index (κ2) is 10.1. The van der Waals surface area contributed by atoms with Gasteiger partial charge in [0.15, 0.2) is 0 Å². The Kier molecular flexibility index (Phi) is 7.49. The summed E-state index contributed by atoms with van der Waals surface area (Å²) in [7, 11) is 0. The highest BCUT2D eigenvalue weighted by Crippen LogP contribution is 2.67. The average molecular weight is 504 g/mol. The normalized spacial score (nSPS) is 39.7. The fourth-order valence-electron chi connectivity index (χ4n) is 8.70. The number of carbonyl (C=O) groups is 2. The van der Waals surface area contributed by atoms with E-state index in [1.807, 2.05) is 6.92 Å². The van der Waals surface area contributed by atoms with Gasteiger partial charge in [-0.25, -0.2) is 10.2 Å². The lowest BCUT2D eigenvalue weighted by molar-refractivity contribution is -0.489. The molecule has 3 fully saturated rings. The third kappa shape index (κ3) is 4.77. The van der Waals surface area contributed by atoms with Crippen LogP contribution < -0.4 is 5.43 Å². The quantitative estimate of drug-likeness (QED) is 0.177. The molecule has 0 radical (unpaired) electrons. The van der Waals surface area contributed by atoms with Gasteiger partial charge < -0.3 is 9.47 Å². The van der Waals surface area contributed by atoms with E-state index in [9.17, 15) is 19.7 Å². The summed E-state index contributed by atoms with van der Waals surface area (Å²) < 4.78 is 10.5. The lowest BCUT2D eigenvalue weighted by Crippen LogP contribution is -2.51. The van der Waals surface area contributed by atoms with Crippen LogP contribution in [0.1, 0.15) is 79.6 Å². The van der Waals surface area contributed by atoms with E-state index < -0.39 is 6.09 Å². The SMILES string of the molecule is CCOC(=O)N/N=C(/C)[C@H]1[C@H](C[N+](=O)[O-])CC2C3CC=C4C[C@@H](OC(C)=O)CC[C@]4(C)C3CC[C@@]21C. The van der Waals surface area contributed by atoms with E-state index in [1.165, 1.54) is 12.5 Å². The van der Waals surface area contributed by atoms with E-state index in [-0.39, 0.29) is 52.8 Å². The predicted molar refractivity (Wildman–Crippen MR) is 135 cm³/mol. The minimum Gasteiger partial charge on any atom is -0.462 e. The number of hydrogen-bond acceptors (Lipinski definition) is 7. The summed E-state index contributed by atoms with van der Waals surface area (Å²) in [6, 6.07) is 0. The second-order valence-corrected chi connectivity index (χ2v) is 11.9. The number of hydrazone groups is 1. The van der Waals surface area contributed by atoms with E-state index in [4.69, 9.17) is 9.47 Å². The smallest absolute Gasteiger partial charge is 0.427 e. The standard InChI is InChI=1S/C27H41N3O6/c1-6-35-25(32)29-28-16(2)24-18(15-30(33)34)13-23-21-8-7-19-14-20(36-17(3)31)9-11-26(19,4)22(21)10-12-27(23,24)5/h7,18,20-24H,6,8-15H2,1-5H3,(H,29,32)/b28-16-/t18-,20-,21?,22?,23?,24-,26-,27-/m0/s1. The van der Waals surface area contributed by atoms with Crippen LogP contribution in [0.3, 0.4) is 0 Å². The van der Waals surface area contributed by atoms with Gasteiger partial charge in [0, 0.05) is 35.8 Å². The number of carbonyl (C=O) groups excluding carboxylic acids is 2. The molecular formula is C27H41N3O6. The molecule has 0 aromatic rings. The van der Waals surface area contributed by atoms with Crippen LogP contribution >= 0.6 is 0 Å². The first-order chi connectivity index (χ1) is 17.0. The number of fused-ring (bicyclic) bond motifs is 5. The van der Waals surface area contributed by atoms with Crippen LogP contribution in [0.5, 0.6) is 0 Å². The highest BCUT2D eigenvalue weighted by molar-refractivity contribution is 5.86. The van der Waals surface area contributed by atoms with Crippen molar-refractivity contribution in [3.05, 3.63) is 21.8 Å². The summed E-state index contributed by atoms with van der Waals surface area (Å²) in [6.07, 6.45) is 8.31. The Hall–Kier alpha value is -2.45. The molecule has 3 saturated carbocycles. The second-order valence-electron chi connectivity index (χ2n) is 11.9. The Balaban J connectivity index is 1.60. The van der Waals surface area contributed by atoms with Crippen LogP contribution in [0.25, 0.3) is 0 Å². The molecule has 8 atom stereocenters. The lowest BCUT2D eigenvalue weighted by atomic mass is 9.47. The van der Waals surface area contributed by atoms with Crippen molar-refractivity contribution in [2.75, 3.05) is 13.2 Å². The number of esters is 1. The summed E-state index contributed by atoms with van der Waals surface area (Å²) in [5, 5.41) is 16.0. The summed E-state index contributed by atoms with van der Waals surface area (Å²) in [5.41, 5.74) is 4.63. The van der Waals surface area contributed by atoms with Gasteiger partial charge in [0.25, 0.3) is 0 Å². The highest BCUT2D eigenvalue weighted by Gasteiger charge is 2.62. The first kappa shape index (κ1) is 26.6. The minimum absolute atomic E-state index is 0.0293. The Morgan fingerprint density at radius 2 is 1.97 bits per heavy atom. The maximum absolute atomic E-state index is 11.8. The number of nitro groups is 1. The van der Waals surface area contributed by atoms with Crippen molar-refractivity contribution in [2.45, 2.75) is 85.7 Å². The molecule has 200 valence electrons. The molecular weight excluding hydrogens is 462 g/mol. The molecule has 4 aliphatic carbocycles. The van der Waals surface area contributed by atoms with E-state index >= 15 is 0 Å². The maximum Gasteiger partial charge on any atom is 0.427 e. The van der Waals surface area contributed by atoms with E-state index in [0.29, 0.717) is 17.8 Å². The molecule has 0 saturated heterocycles. The molecule has 1 N–H and O–H groups in total. The van der Waals surface area contributed by atoms with Crippen LogP contribution in [-0.2, 0) is 14.3 Å². The van der Waals surface area contributed by atoms with Gasteiger partial charge in [-0.3, -0.25) is 14.9 Å². The molecule has 9 heteroatoms. The number of nitrogens with one attached hydrogen (secondary N) is 1. The van der Waals surface area contributed by atoms with Crippen molar-refractivity contribution in [3.8, 4) is 0 Å². The van der Waals surface area contributed by atoms with Gasteiger partial charge in [0.1, 0.15) is 6.10 Å². The van der Waals surface area contributed by atoms with Gasteiger partial charge in [-0.05, 0) is 81.0 Å². The minimum atomic E-state index is -0.603. The van der Waals surface area contributed by atoms with Crippen LogP contribution in [-0.4, -0.2) is 42.0 Å². The molecule has 0 bridgehead atoms. The average Bonchev–Trinajstić information content (AvgIpc) is 3.08. The molecule has 4 aliphatic rings. The van der Waals surface area contributed by atoms with Crippen molar-refractivity contribution in [2.24, 2.45) is 45.5 Å². The van der Waals surface area contributed by atoms with E-state index in [2.05, 4.69) is 30.5 Å². The van der Waals surface area contributed by atoms with Crippen LogP contribution in [0, 0.1) is 50.5 Å². The number of allylic oxidation sites excluding steroid dienone is 1. The number of ether oxygens (including phenoxy) is 2. The first-order valence-corrected chi connectivity index (χ1v) is 13.4. The third-order valence-electron chi connectivity index (χ3n) is 10.0. The summed E-state index contributed by atoms with van der Waals surface area (Å²) in [6.45, 7) is 9.96. The molecule has 36 heavy (non-hydrogen) atoms. The Labute approximate surface area is 213 Å². The molecule has 0 aromatic carbocycles. The van der Waals surface area contributed by atoms with Gasteiger partial charge in [-0.1, -0.05) is 25.5 Å². The summed E-state index contributed by atoms with van der Waals surface area (Å²) >= 11 is 0. The zero-order valence-electron chi connectivity index (χ0n) is 22.2. The van der Waals surface area contributed by atoms with Gasteiger partial charge in [-0.2, -0.15) is 5.10 Å². The number of nitrogens with zero attached hydrogens (tertiary/aromatic N) is 2. The van der Waals surface area contributed by atoms with Crippen LogP contribution in [0.15, 0.2) is 16.8 Å². The van der Waals surface area contributed by atoms with Gasteiger partial charge in [-0.15, -0.1) is 0 Å². The molecule has 0 aliphatic heterocycles. The fourth-order valence-corrected chi connectivity index (χ4v) is 8.70. The number of amides is 1. The zero-order chi connectivity index (χ0) is 26.3. The monoisotopic (exact) mass is 503 g/mol. The zero-order valence-corrected chi connectivity index (χ0v) is 22.2. The first-order valence-electron chi connectivity index (χ1n) is 13.4. The fraction of sp³-hybridized carbons (Fsp3) is 0.815. The summed E-state index contributed by atoms with van der Waals surface area (Å²) in [4.78, 5) is 34.8. The molecule has 1 amide bonds. The molecule has 0 spiro atoms. The van der Waals surface area contributed by atoms with Crippen molar-refractivity contribution >= 4 is 17.8 Å². The third-order valence-corrected chi connectivity index (χ3v) is 10.0. The van der Waals surface area contributed by atoms with Gasteiger partial charge in [0.2, 0.25) is 6.54 Å².